The highest BCUT2D eigenvalue weighted by atomic mass is 16.2. The second-order valence-corrected chi connectivity index (χ2v) is 4.41. The summed E-state index contributed by atoms with van der Waals surface area (Å²) in [6.07, 6.45) is 6.04. The Bertz CT molecular complexity index is 317. The molecule has 1 N–H and O–H groups in total. The van der Waals surface area contributed by atoms with Crippen molar-refractivity contribution in [3.63, 3.8) is 0 Å². The van der Waals surface area contributed by atoms with Gasteiger partial charge in [-0.15, -0.1) is 0 Å². The van der Waals surface area contributed by atoms with E-state index in [0.29, 0.717) is 0 Å². The molecule has 0 aliphatic carbocycles. The van der Waals surface area contributed by atoms with Crippen molar-refractivity contribution >= 4 is 5.91 Å². The van der Waals surface area contributed by atoms with E-state index in [-0.39, 0.29) is 17.5 Å². The van der Waals surface area contributed by atoms with Crippen molar-refractivity contribution < 1.29 is 4.79 Å². The minimum Gasteiger partial charge on any atom is -0.349 e. The molecular weight excluding hydrogens is 190 g/mol. The minimum atomic E-state index is -0.210. The van der Waals surface area contributed by atoms with Crippen LogP contribution in [0.15, 0.2) is 18.7 Å². The summed E-state index contributed by atoms with van der Waals surface area (Å²) >= 11 is 0. The second kappa shape index (κ2) is 4.47. The fourth-order valence-electron chi connectivity index (χ4n) is 1.16. The van der Waals surface area contributed by atoms with Gasteiger partial charge in [-0.1, -0.05) is 6.92 Å². The first-order chi connectivity index (χ1) is 6.96. The summed E-state index contributed by atoms with van der Waals surface area (Å²) in [5, 5.41) is 3.01. The summed E-state index contributed by atoms with van der Waals surface area (Å²) in [6, 6.07) is -0.210. The fraction of sp³-hybridized carbons (Fsp3) is 0.636. The highest BCUT2D eigenvalue weighted by Gasteiger charge is 2.22. The molecule has 1 aromatic rings. The van der Waals surface area contributed by atoms with Crippen molar-refractivity contribution in [1.29, 1.82) is 0 Å². The molecule has 0 spiro atoms. The maximum atomic E-state index is 11.9. The molecule has 1 unspecified atom stereocenters. The van der Waals surface area contributed by atoms with Crippen molar-refractivity contribution in [2.45, 2.75) is 45.7 Å². The molecule has 1 aromatic heterocycles. The minimum absolute atomic E-state index is 0.0276. The summed E-state index contributed by atoms with van der Waals surface area (Å²) in [5.74, 6) is 0.0276. The molecule has 0 aromatic carbocycles. The van der Waals surface area contributed by atoms with E-state index in [1.165, 1.54) is 0 Å². The number of aromatic nitrogens is 2. The van der Waals surface area contributed by atoms with Crippen molar-refractivity contribution in [1.82, 2.24) is 14.9 Å². The Balaban J connectivity index is 2.62. The molecule has 0 aliphatic heterocycles. The van der Waals surface area contributed by atoms with Gasteiger partial charge in [0.25, 0.3) is 0 Å². The zero-order valence-electron chi connectivity index (χ0n) is 9.82. The van der Waals surface area contributed by atoms with Crippen LogP contribution in [0.25, 0.3) is 0 Å². The van der Waals surface area contributed by atoms with Gasteiger partial charge in [-0.05, 0) is 27.2 Å². The number of hydrogen-bond acceptors (Lipinski definition) is 2. The van der Waals surface area contributed by atoms with Crippen molar-refractivity contribution in [3.05, 3.63) is 18.7 Å². The number of nitrogens with zero attached hydrogens (tertiary/aromatic N) is 2. The first kappa shape index (κ1) is 11.8. The molecule has 1 heterocycles. The third-order valence-electron chi connectivity index (χ3n) is 2.70. The van der Waals surface area contributed by atoms with Gasteiger partial charge in [0.1, 0.15) is 6.04 Å². The van der Waals surface area contributed by atoms with Gasteiger partial charge in [0.15, 0.2) is 0 Å². The highest BCUT2D eigenvalue weighted by molar-refractivity contribution is 5.80. The zero-order valence-corrected chi connectivity index (χ0v) is 9.82. The standard InChI is InChI=1S/C11H19N3O/c1-5-11(3,4)13-10(15)9(2)14-7-6-12-8-14/h6-9H,5H2,1-4H3,(H,13,15). The topological polar surface area (TPSA) is 46.9 Å². The van der Waals surface area contributed by atoms with Gasteiger partial charge in [-0.2, -0.15) is 0 Å². The van der Waals surface area contributed by atoms with E-state index >= 15 is 0 Å². The van der Waals surface area contributed by atoms with Gasteiger partial charge in [-0.3, -0.25) is 4.79 Å². The molecule has 0 aliphatic rings. The molecule has 15 heavy (non-hydrogen) atoms. The Morgan fingerprint density at radius 3 is 2.73 bits per heavy atom. The van der Waals surface area contributed by atoms with E-state index < -0.39 is 0 Å². The lowest BCUT2D eigenvalue weighted by Gasteiger charge is -2.26. The molecule has 0 bridgehead atoms. The second-order valence-electron chi connectivity index (χ2n) is 4.41. The summed E-state index contributed by atoms with van der Waals surface area (Å²) in [4.78, 5) is 15.8. The zero-order chi connectivity index (χ0) is 11.5. The normalized spacial score (nSPS) is 13.6. The predicted octanol–water partition coefficient (Wildman–Crippen LogP) is 1.75. The summed E-state index contributed by atoms with van der Waals surface area (Å²) in [6.45, 7) is 7.96. The molecule has 0 saturated heterocycles. The molecule has 1 atom stereocenters. The van der Waals surface area contributed by atoms with Gasteiger partial charge in [-0.25, -0.2) is 4.98 Å². The van der Waals surface area contributed by atoms with Crippen LogP contribution in [-0.2, 0) is 4.79 Å². The summed E-state index contributed by atoms with van der Waals surface area (Å²) in [7, 11) is 0. The molecule has 4 nitrogen and oxygen atoms in total. The first-order valence-corrected chi connectivity index (χ1v) is 5.26. The Kier molecular flexibility index (Phi) is 3.50. The van der Waals surface area contributed by atoms with Crippen molar-refractivity contribution in [2.75, 3.05) is 0 Å². The van der Waals surface area contributed by atoms with Gasteiger partial charge >= 0.3 is 0 Å². The van der Waals surface area contributed by atoms with E-state index in [9.17, 15) is 4.79 Å². The number of imidazole rings is 1. The summed E-state index contributed by atoms with van der Waals surface area (Å²) in [5.41, 5.74) is -0.147. The van der Waals surface area contributed by atoms with E-state index in [0.717, 1.165) is 6.42 Å². The highest BCUT2D eigenvalue weighted by Crippen LogP contribution is 2.11. The summed E-state index contributed by atoms with van der Waals surface area (Å²) < 4.78 is 1.79. The van der Waals surface area contributed by atoms with E-state index in [1.54, 1.807) is 23.3 Å². The van der Waals surface area contributed by atoms with Crippen molar-refractivity contribution in [3.8, 4) is 0 Å². The number of carbonyl (C=O) groups is 1. The van der Waals surface area contributed by atoms with Gasteiger partial charge in [0, 0.05) is 17.9 Å². The Morgan fingerprint density at radius 1 is 1.60 bits per heavy atom. The molecule has 84 valence electrons. The van der Waals surface area contributed by atoms with Crippen LogP contribution >= 0.6 is 0 Å². The van der Waals surface area contributed by atoms with Crippen LogP contribution in [-0.4, -0.2) is 21.0 Å². The SMILES string of the molecule is CCC(C)(C)NC(=O)C(C)n1ccnc1. The monoisotopic (exact) mass is 209 g/mol. The smallest absolute Gasteiger partial charge is 0.243 e. The Morgan fingerprint density at radius 2 is 2.27 bits per heavy atom. The maximum absolute atomic E-state index is 11.9. The number of nitrogens with one attached hydrogen (secondary N) is 1. The van der Waals surface area contributed by atoms with E-state index in [1.807, 2.05) is 20.8 Å². The lowest BCUT2D eigenvalue weighted by molar-refractivity contribution is -0.125. The molecule has 1 rings (SSSR count). The predicted molar refractivity (Wildman–Crippen MR) is 59.5 cm³/mol. The third-order valence-corrected chi connectivity index (χ3v) is 2.70. The molecule has 4 heteroatoms. The maximum Gasteiger partial charge on any atom is 0.243 e. The van der Waals surface area contributed by atoms with Crippen LogP contribution in [0.1, 0.15) is 40.2 Å². The van der Waals surface area contributed by atoms with Crippen LogP contribution in [0.4, 0.5) is 0 Å². The van der Waals surface area contributed by atoms with Gasteiger partial charge in [0.05, 0.1) is 6.33 Å². The number of carbonyl (C=O) groups excluding carboxylic acids is 1. The van der Waals surface area contributed by atoms with E-state index in [4.69, 9.17) is 0 Å². The van der Waals surface area contributed by atoms with Crippen LogP contribution < -0.4 is 5.32 Å². The van der Waals surface area contributed by atoms with Gasteiger partial charge < -0.3 is 9.88 Å². The lowest BCUT2D eigenvalue weighted by Crippen LogP contribution is -2.45. The average Bonchev–Trinajstić information content (AvgIpc) is 2.68. The van der Waals surface area contributed by atoms with Crippen LogP contribution in [0.3, 0.4) is 0 Å². The van der Waals surface area contributed by atoms with Crippen LogP contribution in [0, 0.1) is 0 Å². The molecule has 0 saturated carbocycles. The van der Waals surface area contributed by atoms with Crippen LogP contribution in [0.5, 0.6) is 0 Å². The largest absolute Gasteiger partial charge is 0.349 e. The first-order valence-electron chi connectivity index (χ1n) is 5.26. The number of amides is 1. The van der Waals surface area contributed by atoms with Gasteiger partial charge in [0.2, 0.25) is 5.91 Å². The molecule has 1 amide bonds. The Labute approximate surface area is 90.7 Å². The fourth-order valence-corrected chi connectivity index (χ4v) is 1.16. The molecule has 0 fully saturated rings. The third kappa shape index (κ3) is 3.08. The Hall–Kier alpha value is -1.32. The lowest BCUT2D eigenvalue weighted by atomic mass is 10.0. The molecule has 0 radical (unpaired) electrons. The average molecular weight is 209 g/mol. The van der Waals surface area contributed by atoms with Crippen LogP contribution in [0.2, 0.25) is 0 Å². The number of rotatable bonds is 4. The molecular formula is C11H19N3O. The quantitative estimate of drug-likeness (QED) is 0.821. The van der Waals surface area contributed by atoms with E-state index in [2.05, 4.69) is 17.2 Å². The number of hydrogen-bond donors (Lipinski definition) is 1. The van der Waals surface area contributed by atoms with Crippen molar-refractivity contribution in [2.24, 2.45) is 0 Å².